The smallest absolute Gasteiger partial charge is 0.305 e. The number of aliphatic imine (C=N–C) groups is 1. The lowest BCUT2D eigenvalue weighted by Crippen LogP contribution is -2.38. The number of guanidine groups is 1. The Hall–Kier alpha value is -1.02. The lowest BCUT2D eigenvalue weighted by Gasteiger charge is -2.22. The Bertz CT molecular complexity index is 524. The van der Waals surface area contributed by atoms with Gasteiger partial charge in [-0.05, 0) is 30.5 Å². The molecule has 0 fully saturated rings. The lowest BCUT2D eigenvalue weighted by molar-refractivity contribution is -0.140. The third-order valence-corrected chi connectivity index (χ3v) is 3.98. The van der Waals surface area contributed by atoms with Gasteiger partial charge in [-0.1, -0.05) is 36.6 Å². The number of nitrogens with one attached hydrogen (secondary N) is 1. The summed E-state index contributed by atoms with van der Waals surface area (Å²) in [6, 6.07) is 7.84. The number of esters is 1. The molecule has 0 bridgehead atoms. The first-order chi connectivity index (χ1) is 11.6. The van der Waals surface area contributed by atoms with Crippen molar-refractivity contribution in [2.45, 2.75) is 38.6 Å². The molecule has 1 rings (SSSR count). The zero-order valence-electron chi connectivity index (χ0n) is 15.3. The quantitative estimate of drug-likeness (QED) is 0.190. The van der Waals surface area contributed by atoms with Gasteiger partial charge in [0.15, 0.2) is 5.96 Å². The van der Waals surface area contributed by atoms with Gasteiger partial charge in [0.25, 0.3) is 0 Å². The van der Waals surface area contributed by atoms with Gasteiger partial charge in [-0.15, -0.1) is 24.0 Å². The van der Waals surface area contributed by atoms with Crippen LogP contribution in [0.1, 0.15) is 37.7 Å². The number of unbranched alkanes of at least 4 members (excludes halogenated alkanes) is 3. The van der Waals surface area contributed by atoms with Crippen molar-refractivity contribution in [1.29, 1.82) is 0 Å². The monoisotopic (exact) mass is 481 g/mol. The predicted molar refractivity (Wildman–Crippen MR) is 115 cm³/mol. The molecule has 0 amide bonds. The number of hydrogen-bond donors (Lipinski definition) is 1. The molecule has 1 aromatic carbocycles. The van der Waals surface area contributed by atoms with Gasteiger partial charge in [0, 0.05) is 38.6 Å². The molecule has 0 heterocycles. The number of carbonyl (C=O) groups is 1. The van der Waals surface area contributed by atoms with Crippen LogP contribution in [0.5, 0.6) is 0 Å². The fraction of sp³-hybridized carbons (Fsp3) is 0.556. The lowest BCUT2D eigenvalue weighted by atomic mass is 10.1. The largest absolute Gasteiger partial charge is 0.469 e. The Morgan fingerprint density at radius 2 is 1.84 bits per heavy atom. The Balaban J connectivity index is 0.00000576. The minimum Gasteiger partial charge on any atom is -0.469 e. The van der Waals surface area contributed by atoms with E-state index < -0.39 is 0 Å². The highest BCUT2D eigenvalue weighted by Gasteiger charge is 2.06. The van der Waals surface area contributed by atoms with Crippen LogP contribution in [0.3, 0.4) is 0 Å². The molecule has 0 aromatic heterocycles. The summed E-state index contributed by atoms with van der Waals surface area (Å²) < 4.78 is 4.63. The number of halogens is 2. The molecule has 0 aliphatic rings. The molecule has 0 atom stereocenters. The molecular formula is C18H29ClIN3O2. The van der Waals surface area contributed by atoms with Crippen LogP contribution in [0.2, 0.25) is 5.02 Å². The van der Waals surface area contributed by atoms with E-state index in [1.807, 2.05) is 31.3 Å². The molecule has 25 heavy (non-hydrogen) atoms. The third-order valence-electron chi connectivity index (χ3n) is 3.72. The van der Waals surface area contributed by atoms with E-state index in [1.165, 1.54) is 12.7 Å². The molecule has 1 aromatic rings. The first-order valence-corrected chi connectivity index (χ1v) is 8.67. The average molecular weight is 482 g/mol. The van der Waals surface area contributed by atoms with Crippen molar-refractivity contribution in [1.82, 2.24) is 10.2 Å². The zero-order valence-corrected chi connectivity index (χ0v) is 18.3. The molecule has 0 spiro atoms. The van der Waals surface area contributed by atoms with E-state index in [0.29, 0.717) is 6.42 Å². The maximum atomic E-state index is 11.0. The predicted octanol–water partition coefficient (Wildman–Crippen LogP) is 4.09. The van der Waals surface area contributed by atoms with Crippen LogP contribution >= 0.6 is 35.6 Å². The maximum Gasteiger partial charge on any atom is 0.305 e. The Labute approximate surface area is 173 Å². The summed E-state index contributed by atoms with van der Waals surface area (Å²) in [4.78, 5) is 17.4. The van der Waals surface area contributed by atoms with E-state index in [9.17, 15) is 4.79 Å². The highest BCUT2D eigenvalue weighted by molar-refractivity contribution is 14.0. The van der Waals surface area contributed by atoms with E-state index >= 15 is 0 Å². The van der Waals surface area contributed by atoms with Gasteiger partial charge in [-0.2, -0.15) is 0 Å². The first-order valence-electron chi connectivity index (χ1n) is 8.30. The summed E-state index contributed by atoms with van der Waals surface area (Å²) in [7, 11) is 5.23. The fourth-order valence-corrected chi connectivity index (χ4v) is 2.50. The van der Waals surface area contributed by atoms with E-state index in [2.05, 4.69) is 19.9 Å². The third kappa shape index (κ3) is 10.5. The molecule has 0 unspecified atom stereocenters. The molecule has 0 radical (unpaired) electrons. The second-order valence-electron chi connectivity index (χ2n) is 5.70. The molecule has 0 aliphatic heterocycles. The standard InChI is InChI=1S/C18H28ClN3O2.HI/c1-20-18(21-13-7-5-4-6-8-17(23)24-3)22(2)14-15-9-11-16(19)12-10-15;/h9-12H,4-8,13-14H2,1-3H3,(H,20,21);1H. The Morgan fingerprint density at radius 1 is 1.20 bits per heavy atom. The summed E-state index contributed by atoms with van der Waals surface area (Å²) >= 11 is 5.91. The minimum atomic E-state index is -0.127. The second-order valence-corrected chi connectivity index (χ2v) is 6.13. The van der Waals surface area contributed by atoms with Gasteiger partial charge in [0.05, 0.1) is 7.11 Å². The van der Waals surface area contributed by atoms with Crippen molar-refractivity contribution in [2.24, 2.45) is 4.99 Å². The van der Waals surface area contributed by atoms with Crippen LogP contribution in [0.4, 0.5) is 0 Å². The Kier molecular flexibility index (Phi) is 13.6. The van der Waals surface area contributed by atoms with E-state index in [0.717, 1.165) is 49.8 Å². The van der Waals surface area contributed by atoms with Crippen molar-refractivity contribution in [3.05, 3.63) is 34.9 Å². The van der Waals surface area contributed by atoms with Gasteiger partial charge in [-0.25, -0.2) is 0 Å². The van der Waals surface area contributed by atoms with Crippen molar-refractivity contribution >= 4 is 47.5 Å². The van der Waals surface area contributed by atoms with Crippen molar-refractivity contribution in [3.8, 4) is 0 Å². The van der Waals surface area contributed by atoms with Crippen molar-refractivity contribution < 1.29 is 9.53 Å². The molecule has 5 nitrogen and oxygen atoms in total. The number of carbonyl (C=O) groups excluding carboxylic acids is 1. The summed E-state index contributed by atoms with van der Waals surface area (Å²) in [5, 5.41) is 4.12. The van der Waals surface area contributed by atoms with E-state index in [1.54, 1.807) is 7.05 Å². The number of hydrogen-bond acceptors (Lipinski definition) is 3. The maximum absolute atomic E-state index is 11.0. The van der Waals surface area contributed by atoms with Crippen molar-refractivity contribution in [2.75, 3.05) is 27.7 Å². The minimum absolute atomic E-state index is 0. The van der Waals surface area contributed by atoms with Crippen molar-refractivity contribution in [3.63, 3.8) is 0 Å². The van der Waals surface area contributed by atoms with Crippen LogP contribution in [-0.4, -0.2) is 44.6 Å². The molecule has 7 heteroatoms. The molecule has 0 aliphatic carbocycles. The second kappa shape index (κ2) is 14.2. The molecule has 0 saturated carbocycles. The number of ether oxygens (including phenoxy) is 1. The van der Waals surface area contributed by atoms with E-state index in [-0.39, 0.29) is 29.9 Å². The SMILES string of the molecule is CN=C(NCCCCCCC(=O)OC)N(C)Cc1ccc(Cl)cc1.I. The van der Waals surface area contributed by atoms with Crippen LogP contribution in [0, 0.1) is 0 Å². The topological polar surface area (TPSA) is 53.9 Å². The normalized spacial score (nSPS) is 10.8. The average Bonchev–Trinajstić information content (AvgIpc) is 2.59. The van der Waals surface area contributed by atoms with Gasteiger partial charge >= 0.3 is 5.97 Å². The molecule has 0 saturated heterocycles. The van der Waals surface area contributed by atoms with Gasteiger partial charge in [0.2, 0.25) is 0 Å². The van der Waals surface area contributed by atoms with Crippen LogP contribution < -0.4 is 5.32 Å². The van der Waals surface area contributed by atoms with E-state index in [4.69, 9.17) is 11.6 Å². The number of nitrogens with zero attached hydrogens (tertiary/aromatic N) is 2. The highest BCUT2D eigenvalue weighted by atomic mass is 127. The number of benzene rings is 1. The van der Waals surface area contributed by atoms with Crippen LogP contribution in [-0.2, 0) is 16.1 Å². The van der Waals surface area contributed by atoms with Crippen LogP contribution in [0.25, 0.3) is 0 Å². The summed E-state index contributed by atoms with van der Waals surface area (Å²) in [5.41, 5.74) is 1.19. The Morgan fingerprint density at radius 3 is 2.44 bits per heavy atom. The highest BCUT2D eigenvalue weighted by Crippen LogP contribution is 2.11. The number of rotatable bonds is 9. The fourth-order valence-electron chi connectivity index (χ4n) is 2.37. The van der Waals surface area contributed by atoms with Gasteiger partial charge < -0.3 is 15.0 Å². The molecular weight excluding hydrogens is 453 g/mol. The van der Waals surface area contributed by atoms with Gasteiger partial charge in [-0.3, -0.25) is 9.79 Å². The molecule has 1 N–H and O–H groups in total. The summed E-state index contributed by atoms with van der Waals surface area (Å²) in [6.07, 6.45) is 4.57. The first kappa shape index (κ1) is 24.0. The summed E-state index contributed by atoms with van der Waals surface area (Å²) in [5.74, 6) is 0.747. The van der Waals surface area contributed by atoms with Gasteiger partial charge in [0.1, 0.15) is 0 Å². The number of methoxy groups -OCH3 is 1. The zero-order chi connectivity index (χ0) is 17.8. The summed E-state index contributed by atoms with van der Waals surface area (Å²) in [6.45, 7) is 1.64. The molecule has 142 valence electrons. The van der Waals surface area contributed by atoms with Crippen LogP contribution in [0.15, 0.2) is 29.3 Å².